The summed E-state index contributed by atoms with van der Waals surface area (Å²) in [5, 5.41) is 6.45. The van der Waals surface area contributed by atoms with Gasteiger partial charge in [0.2, 0.25) is 0 Å². The van der Waals surface area contributed by atoms with Crippen LogP contribution in [0.15, 0.2) is 97.2 Å². The first-order valence-corrected chi connectivity index (χ1v) is 13.0. The molecule has 1 fully saturated rings. The maximum atomic E-state index is 13.6. The van der Waals surface area contributed by atoms with Gasteiger partial charge < -0.3 is 10.1 Å². The van der Waals surface area contributed by atoms with Gasteiger partial charge in [-0.15, -0.1) is 0 Å². The maximum Gasteiger partial charge on any atom is 0.270 e. The molecule has 0 radical (unpaired) electrons. The molecule has 0 aliphatic heterocycles. The Morgan fingerprint density at radius 3 is 2.38 bits per heavy atom. The molecule has 0 bridgehead atoms. The second-order valence-corrected chi connectivity index (χ2v) is 9.87. The van der Waals surface area contributed by atoms with Gasteiger partial charge in [-0.25, -0.2) is 9.37 Å². The van der Waals surface area contributed by atoms with Crippen LogP contribution in [0.4, 0.5) is 4.39 Å². The molecule has 196 valence electrons. The van der Waals surface area contributed by atoms with Crippen LogP contribution in [-0.4, -0.2) is 29.4 Å². The third kappa shape index (κ3) is 4.71. The van der Waals surface area contributed by atoms with Crippen molar-refractivity contribution < 1.29 is 13.9 Å². The molecule has 1 unspecified atom stereocenters. The molecule has 1 aliphatic carbocycles. The van der Waals surface area contributed by atoms with Gasteiger partial charge in [0.25, 0.3) is 5.91 Å². The summed E-state index contributed by atoms with van der Waals surface area (Å²) in [5.41, 5.74) is 6.32. The van der Waals surface area contributed by atoms with Crippen LogP contribution in [0, 0.1) is 5.82 Å². The Balaban J connectivity index is 1.37. The largest absolute Gasteiger partial charge is 0.362 e. The lowest BCUT2D eigenvalue weighted by Crippen LogP contribution is -2.33. The number of nitrogens with one attached hydrogen (secondary N) is 2. The molecule has 2 heterocycles. The number of amides is 1. The summed E-state index contributed by atoms with van der Waals surface area (Å²) < 4.78 is 21.3. The van der Waals surface area contributed by atoms with Gasteiger partial charge in [-0.05, 0) is 77.6 Å². The molecule has 1 amide bonds. The molecular weight excluding hydrogens is 491 g/mol. The first-order chi connectivity index (χ1) is 19.0. The van der Waals surface area contributed by atoms with Crippen LogP contribution < -0.4 is 10.6 Å². The fourth-order valence-electron chi connectivity index (χ4n) is 5.17. The molecule has 1 atom stereocenters. The van der Waals surface area contributed by atoms with Crippen molar-refractivity contribution in [1.29, 1.82) is 0 Å². The van der Waals surface area contributed by atoms with Crippen LogP contribution in [0.25, 0.3) is 28.0 Å². The molecule has 7 heteroatoms. The Morgan fingerprint density at radius 2 is 1.69 bits per heavy atom. The van der Waals surface area contributed by atoms with E-state index in [1.54, 1.807) is 30.7 Å². The molecule has 0 saturated heterocycles. The Morgan fingerprint density at radius 1 is 0.949 bits per heavy atom. The highest BCUT2D eigenvalue weighted by atomic mass is 19.1. The second-order valence-electron chi connectivity index (χ2n) is 9.87. The van der Waals surface area contributed by atoms with Crippen molar-refractivity contribution in [3.63, 3.8) is 0 Å². The maximum absolute atomic E-state index is 13.6. The summed E-state index contributed by atoms with van der Waals surface area (Å²) in [4.78, 5) is 17.7. The van der Waals surface area contributed by atoms with E-state index in [2.05, 4.69) is 47.0 Å². The number of fused-ring (bicyclic) bond motifs is 1. The standard InChI is InChI=1S/C32H29FN4O2/c1-34-30(38)29-28(21-11-14-26(33)15-12-21)35-27-16-13-24(20-37(27)29)22-7-6-8-23(19-22)31(39-2)36-32(17-18-32)25-9-4-3-5-10-25/h3-16,19-20,31,36H,17-18H2,1-2H3,(H,34,38). The normalized spacial score (nSPS) is 14.7. The number of benzene rings is 3. The van der Waals surface area contributed by atoms with Crippen LogP contribution in [0.1, 0.15) is 40.7 Å². The Hall–Kier alpha value is -4.33. The zero-order valence-corrected chi connectivity index (χ0v) is 21.8. The van der Waals surface area contributed by atoms with E-state index in [-0.39, 0.29) is 23.5 Å². The first-order valence-electron chi connectivity index (χ1n) is 13.0. The summed E-state index contributed by atoms with van der Waals surface area (Å²) in [6, 6.07) is 28.6. The van der Waals surface area contributed by atoms with Gasteiger partial charge in [0.05, 0.1) is 0 Å². The number of ether oxygens (including phenoxy) is 1. The zero-order chi connectivity index (χ0) is 27.0. The number of methoxy groups -OCH3 is 1. The molecule has 1 saturated carbocycles. The summed E-state index contributed by atoms with van der Waals surface area (Å²) in [6.45, 7) is 0. The highest BCUT2D eigenvalue weighted by molar-refractivity contribution is 5.99. The summed E-state index contributed by atoms with van der Waals surface area (Å²) in [7, 11) is 3.30. The van der Waals surface area contributed by atoms with E-state index < -0.39 is 0 Å². The third-order valence-electron chi connectivity index (χ3n) is 7.42. The minimum Gasteiger partial charge on any atom is -0.362 e. The average molecular weight is 521 g/mol. The van der Waals surface area contributed by atoms with Crippen molar-refractivity contribution in [2.24, 2.45) is 0 Å². The Kier molecular flexibility index (Phi) is 6.46. The van der Waals surface area contributed by atoms with E-state index in [1.165, 1.54) is 17.7 Å². The van der Waals surface area contributed by atoms with Gasteiger partial charge in [-0.2, -0.15) is 0 Å². The number of rotatable bonds is 8. The van der Waals surface area contributed by atoms with E-state index in [0.29, 0.717) is 22.6 Å². The van der Waals surface area contributed by atoms with Gasteiger partial charge in [0.15, 0.2) is 0 Å². The minimum absolute atomic E-state index is 0.0766. The quantitative estimate of drug-likeness (QED) is 0.243. The molecule has 2 N–H and O–H groups in total. The highest BCUT2D eigenvalue weighted by Crippen LogP contribution is 2.47. The van der Waals surface area contributed by atoms with Crippen LogP contribution in [-0.2, 0) is 10.3 Å². The van der Waals surface area contributed by atoms with E-state index >= 15 is 0 Å². The molecular formula is C32H29FN4O2. The number of aromatic nitrogens is 2. The first kappa shape index (κ1) is 25.0. The van der Waals surface area contributed by atoms with E-state index in [4.69, 9.17) is 9.72 Å². The number of nitrogens with zero attached hydrogens (tertiary/aromatic N) is 2. The van der Waals surface area contributed by atoms with Gasteiger partial charge in [-0.3, -0.25) is 14.5 Å². The number of carbonyl (C=O) groups is 1. The van der Waals surface area contributed by atoms with Crippen molar-refractivity contribution in [3.8, 4) is 22.4 Å². The average Bonchev–Trinajstić information content (AvgIpc) is 3.68. The lowest BCUT2D eigenvalue weighted by Gasteiger charge is -2.26. The molecule has 6 nitrogen and oxygen atoms in total. The number of pyridine rings is 1. The van der Waals surface area contributed by atoms with Crippen LogP contribution in [0.5, 0.6) is 0 Å². The van der Waals surface area contributed by atoms with Crippen molar-refractivity contribution in [3.05, 3.63) is 120 Å². The molecule has 0 spiro atoms. The number of imidazole rings is 1. The predicted octanol–water partition coefficient (Wildman–Crippen LogP) is 6.09. The minimum atomic E-state index is -0.341. The molecule has 3 aromatic carbocycles. The smallest absolute Gasteiger partial charge is 0.270 e. The number of carbonyl (C=O) groups excluding carboxylic acids is 1. The SMILES string of the molecule is CNC(=O)c1c(-c2ccc(F)cc2)nc2ccc(-c3cccc(C(NC4(c5ccccc5)CC4)OC)c3)cn12. The van der Waals surface area contributed by atoms with Crippen LogP contribution in [0.2, 0.25) is 0 Å². The number of halogens is 1. The van der Waals surface area contributed by atoms with E-state index in [1.807, 2.05) is 36.5 Å². The fraction of sp³-hybridized carbons (Fsp3) is 0.188. The van der Waals surface area contributed by atoms with Gasteiger partial charge >= 0.3 is 0 Å². The summed E-state index contributed by atoms with van der Waals surface area (Å²) >= 11 is 0. The van der Waals surface area contributed by atoms with Gasteiger partial charge in [-0.1, -0.05) is 48.5 Å². The number of hydrogen-bond donors (Lipinski definition) is 2. The fourth-order valence-corrected chi connectivity index (χ4v) is 5.17. The predicted molar refractivity (Wildman–Crippen MR) is 150 cm³/mol. The zero-order valence-electron chi connectivity index (χ0n) is 21.8. The monoisotopic (exact) mass is 520 g/mol. The molecule has 6 rings (SSSR count). The number of hydrogen-bond acceptors (Lipinski definition) is 4. The molecule has 2 aromatic heterocycles. The topological polar surface area (TPSA) is 67.7 Å². The lowest BCUT2D eigenvalue weighted by molar-refractivity contribution is 0.0584. The molecule has 1 aliphatic rings. The van der Waals surface area contributed by atoms with E-state index in [9.17, 15) is 9.18 Å². The molecule has 39 heavy (non-hydrogen) atoms. The van der Waals surface area contributed by atoms with Crippen molar-refractivity contribution in [2.75, 3.05) is 14.2 Å². The Bertz CT molecular complexity index is 1640. The Labute approximate surface area is 226 Å². The van der Waals surface area contributed by atoms with Crippen molar-refractivity contribution in [1.82, 2.24) is 20.0 Å². The second kappa shape index (κ2) is 10.1. The van der Waals surface area contributed by atoms with Gasteiger partial charge in [0.1, 0.15) is 29.1 Å². The van der Waals surface area contributed by atoms with E-state index in [0.717, 1.165) is 29.5 Å². The van der Waals surface area contributed by atoms with Crippen molar-refractivity contribution in [2.45, 2.75) is 24.6 Å². The highest BCUT2D eigenvalue weighted by Gasteiger charge is 2.45. The van der Waals surface area contributed by atoms with Crippen LogP contribution >= 0.6 is 0 Å². The lowest BCUT2D eigenvalue weighted by atomic mass is 10.0. The third-order valence-corrected chi connectivity index (χ3v) is 7.42. The molecule has 5 aromatic rings. The van der Waals surface area contributed by atoms with Crippen molar-refractivity contribution >= 4 is 11.6 Å². The van der Waals surface area contributed by atoms with Gasteiger partial charge in [0, 0.05) is 31.5 Å². The summed E-state index contributed by atoms with van der Waals surface area (Å²) in [6.07, 6.45) is 3.76. The summed E-state index contributed by atoms with van der Waals surface area (Å²) in [5.74, 6) is -0.613. The van der Waals surface area contributed by atoms with Crippen LogP contribution in [0.3, 0.4) is 0 Å².